The summed E-state index contributed by atoms with van der Waals surface area (Å²) >= 11 is 4.00. The van der Waals surface area contributed by atoms with Gasteiger partial charge in [0.15, 0.2) is 0 Å². The molecule has 0 fully saturated rings. The van der Waals surface area contributed by atoms with Crippen molar-refractivity contribution in [3.8, 4) is 0 Å². The Bertz CT molecular complexity index is 108. The number of nitrogens with one attached hydrogen (secondary N) is 1. The molecule has 3 nitrogen and oxygen atoms in total. The molecule has 0 aliphatic rings. The number of esters is 1. The van der Waals surface area contributed by atoms with Crippen molar-refractivity contribution in [2.45, 2.75) is 0 Å². The minimum absolute atomic E-state index is 0.127. The minimum Gasteiger partial charge on any atom is -0.469 e. The van der Waals surface area contributed by atoms with E-state index in [0.717, 1.165) is 0 Å². The van der Waals surface area contributed by atoms with Gasteiger partial charge in [0.2, 0.25) is 0 Å². The van der Waals surface area contributed by atoms with Crippen LogP contribution in [0.15, 0.2) is 0 Å². The summed E-state index contributed by atoms with van der Waals surface area (Å²) in [5.41, 5.74) is 0. The molecule has 1 unspecified atom stereocenters. The zero-order valence-corrected chi connectivity index (χ0v) is 7.15. The fourth-order valence-electron chi connectivity index (χ4n) is 0.635. The topological polar surface area (TPSA) is 38.3 Å². The van der Waals surface area contributed by atoms with E-state index in [0.29, 0.717) is 12.3 Å². The van der Waals surface area contributed by atoms with Crippen molar-refractivity contribution in [2.24, 2.45) is 5.92 Å². The second kappa shape index (κ2) is 5.56. The van der Waals surface area contributed by atoms with Gasteiger partial charge in [-0.15, -0.1) is 0 Å². The third-order valence-corrected chi connectivity index (χ3v) is 1.65. The van der Waals surface area contributed by atoms with E-state index in [1.54, 1.807) is 7.05 Å². The highest BCUT2D eigenvalue weighted by molar-refractivity contribution is 7.80. The van der Waals surface area contributed by atoms with Crippen molar-refractivity contribution < 1.29 is 9.53 Å². The number of methoxy groups -OCH3 is 1. The molecule has 0 aliphatic carbocycles. The molecule has 0 aromatic carbocycles. The highest BCUT2D eigenvalue weighted by Gasteiger charge is 2.15. The molecule has 0 aromatic heterocycles. The van der Waals surface area contributed by atoms with E-state index in [2.05, 4.69) is 22.7 Å². The van der Waals surface area contributed by atoms with Gasteiger partial charge in [0.25, 0.3) is 0 Å². The molecular formula is C6H13NO2S. The molecular weight excluding hydrogens is 150 g/mol. The van der Waals surface area contributed by atoms with E-state index < -0.39 is 0 Å². The van der Waals surface area contributed by atoms with E-state index in [-0.39, 0.29) is 11.9 Å². The molecule has 0 spiro atoms. The molecule has 0 radical (unpaired) electrons. The molecule has 0 saturated heterocycles. The number of hydrogen-bond acceptors (Lipinski definition) is 4. The van der Waals surface area contributed by atoms with Gasteiger partial charge in [0, 0.05) is 12.3 Å². The Labute approximate surface area is 66.5 Å². The van der Waals surface area contributed by atoms with E-state index in [4.69, 9.17) is 0 Å². The maximum absolute atomic E-state index is 10.8. The predicted molar refractivity (Wildman–Crippen MR) is 43.3 cm³/mol. The fourth-order valence-corrected chi connectivity index (χ4v) is 0.914. The van der Waals surface area contributed by atoms with Crippen LogP contribution in [0.3, 0.4) is 0 Å². The summed E-state index contributed by atoms with van der Waals surface area (Å²) in [5.74, 6) is 0.190. The molecule has 0 bridgehead atoms. The fraction of sp³-hybridized carbons (Fsp3) is 0.833. The van der Waals surface area contributed by atoms with Crippen molar-refractivity contribution in [3.05, 3.63) is 0 Å². The largest absolute Gasteiger partial charge is 0.469 e. The Balaban J connectivity index is 3.68. The maximum Gasteiger partial charge on any atom is 0.310 e. The lowest BCUT2D eigenvalue weighted by molar-refractivity contribution is -0.144. The normalized spacial score (nSPS) is 12.7. The lowest BCUT2D eigenvalue weighted by Crippen LogP contribution is -2.28. The van der Waals surface area contributed by atoms with Crippen LogP contribution in [-0.4, -0.2) is 32.4 Å². The summed E-state index contributed by atoms with van der Waals surface area (Å²) < 4.78 is 4.53. The second-order valence-electron chi connectivity index (χ2n) is 1.96. The van der Waals surface area contributed by atoms with Crippen LogP contribution >= 0.6 is 12.6 Å². The van der Waals surface area contributed by atoms with Crippen molar-refractivity contribution in [3.63, 3.8) is 0 Å². The Morgan fingerprint density at radius 2 is 2.40 bits per heavy atom. The first-order chi connectivity index (χ1) is 4.76. The lowest BCUT2D eigenvalue weighted by atomic mass is 10.2. The van der Waals surface area contributed by atoms with Gasteiger partial charge in [-0.2, -0.15) is 12.6 Å². The second-order valence-corrected chi connectivity index (χ2v) is 2.33. The Hall–Kier alpha value is -0.220. The number of carbonyl (C=O) groups is 1. The molecule has 0 amide bonds. The van der Waals surface area contributed by atoms with Crippen LogP contribution in [0.4, 0.5) is 0 Å². The summed E-state index contributed by atoms with van der Waals surface area (Å²) in [6, 6.07) is 0. The molecule has 0 saturated carbocycles. The SMILES string of the molecule is CNCC(CS)C(=O)OC. The van der Waals surface area contributed by atoms with Crippen LogP contribution in [-0.2, 0) is 9.53 Å². The Morgan fingerprint density at radius 1 is 1.80 bits per heavy atom. The van der Waals surface area contributed by atoms with E-state index in [1.807, 2.05) is 0 Å². The van der Waals surface area contributed by atoms with Crippen LogP contribution in [0.5, 0.6) is 0 Å². The number of thiol groups is 1. The third kappa shape index (κ3) is 3.08. The summed E-state index contributed by atoms with van der Waals surface area (Å²) in [6.07, 6.45) is 0. The van der Waals surface area contributed by atoms with Crippen LogP contribution < -0.4 is 5.32 Å². The predicted octanol–water partition coefficient (Wildman–Crippen LogP) is -0.0752. The molecule has 1 N–H and O–H groups in total. The summed E-state index contributed by atoms with van der Waals surface area (Å²) in [7, 11) is 3.17. The van der Waals surface area contributed by atoms with Gasteiger partial charge in [0.1, 0.15) is 0 Å². The average Bonchev–Trinajstić information content (AvgIpc) is 1.99. The van der Waals surface area contributed by atoms with Crippen molar-refractivity contribution >= 4 is 18.6 Å². The first-order valence-corrected chi connectivity index (χ1v) is 3.72. The van der Waals surface area contributed by atoms with Gasteiger partial charge in [-0.1, -0.05) is 0 Å². The van der Waals surface area contributed by atoms with Crippen LogP contribution in [0.2, 0.25) is 0 Å². The molecule has 0 aliphatic heterocycles. The van der Waals surface area contributed by atoms with Gasteiger partial charge in [-0.3, -0.25) is 4.79 Å². The van der Waals surface area contributed by atoms with Gasteiger partial charge < -0.3 is 10.1 Å². The van der Waals surface area contributed by atoms with E-state index in [9.17, 15) is 4.79 Å². The molecule has 10 heavy (non-hydrogen) atoms. The average molecular weight is 163 g/mol. The Morgan fingerprint density at radius 3 is 2.70 bits per heavy atom. The third-order valence-electron chi connectivity index (χ3n) is 1.21. The number of ether oxygens (including phenoxy) is 1. The molecule has 0 heterocycles. The molecule has 0 aromatic rings. The zero-order chi connectivity index (χ0) is 7.98. The number of rotatable bonds is 4. The first-order valence-electron chi connectivity index (χ1n) is 3.09. The molecule has 4 heteroatoms. The monoisotopic (exact) mass is 163 g/mol. The molecule has 0 rings (SSSR count). The van der Waals surface area contributed by atoms with Crippen LogP contribution in [0.25, 0.3) is 0 Å². The van der Waals surface area contributed by atoms with Gasteiger partial charge in [-0.05, 0) is 7.05 Å². The van der Waals surface area contributed by atoms with Crippen molar-refractivity contribution in [2.75, 3.05) is 26.5 Å². The number of hydrogen-bond donors (Lipinski definition) is 2. The number of carbonyl (C=O) groups excluding carboxylic acids is 1. The van der Waals surface area contributed by atoms with Crippen LogP contribution in [0.1, 0.15) is 0 Å². The maximum atomic E-state index is 10.8. The van der Waals surface area contributed by atoms with E-state index >= 15 is 0 Å². The van der Waals surface area contributed by atoms with Crippen molar-refractivity contribution in [1.82, 2.24) is 5.32 Å². The molecule has 1 atom stereocenters. The Kier molecular flexibility index (Phi) is 5.43. The summed E-state index contributed by atoms with van der Waals surface area (Å²) in [4.78, 5) is 10.8. The lowest BCUT2D eigenvalue weighted by Gasteiger charge is -2.09. The smallest absolute Gasteiger partial charge is 0.310 e. The highest BCUT2D eigenvalue weighted by atomic mass is 32.1. The van der Waals surface area contributed by atoms with E-state index in [1.165, 1.54) is 7.11 Å². The van der Waals surface area contributed by atoms with Gasteiger partial charge in [0.05, 0.1) is 13.0 Å². The molecule has 60 valence electrons. The highest BCUT2D eigenvalue weighted by Crippen LogP contribution is 1.99. The van der Waals surface area contributed by atoms with Crippen LogP contribution in [0, 0.1) is 5.92 Å². The summed E-state index contributed by atoms with van der Waals surface area (Å²) in [5, 5.41) is 2.88. The standard InChI is InChI=1S/C6H13NO2S/c1-7-3-5(4-10)6(8)9-2/h5,7,10H,3-4H2,1-2H3. The van der Waals surface area contributed by atoms with Gasteiger partial charge in [-0.25, -0.2) is 0 Å². The quantitative estimate of drug-likeness (QED) is 0.450. The van der Waals surface area contributed by atoms with Crippen molar-refractivity contribution in [1.29, 1.82) is 0 Å². The van der Waals surface area contributed by atoms with Gasteiger partial charge >= 0.3 is 5.97 Å². The minimum atomic E-state index is -0.204. The summed E-state index contributed by atoms with van der Waals surface area (Å²) in [6.45, 7) is 0.621. The first kappa shape index (κ1) is 9.78. The zero-order valence-electron chi connectivity index (χ0n) is 6.26.